The lowest BCUT2D eigenvalue weighted by atomic mass is 9.96. The van der Waals surface area contributed by atoms with E-state index < -0.39 is 0 Å². The molecule has 0 spiro atoms. The summed E-state index contributed by atoms with van der Waals surface area (Å²) in [4.78, 5) is 11.9. The van der Waals surface area contributed by atoms with Gasteiger partial charge in [0.25, 0.3) is 0 Å². The summed E-state index contributed by atoms with van der Waals surface area (Å²) in [5.74, 6) is 7.22. The van der Waals surface area contributed by atoms with Gasteiger partial charge in [0.05, 0.1) is 0 Å². The minimum Gasteiger partial charge on any atom is -0.308 e. The molecule has 0 unspecified atom stereocenters. The Bertz CT molecular complexity index is 601. The Morgan fingerprint density at radius 3 is 2.68 bits per heavy atom. The Morgan fingerprint density at radius 1 is 1.21 bits per heavy atom. The van der Waals surface area contributed by atoms with Crippen LogP contribution in [0.3, 0.4) is 0 Å². The highest BCUT2D eigenvalue weighted by Gasteiger charge is 2.19. The largest absolute Gasteiger partial charge is 0.308 e. The van der Waals surface area contributed by atoms with Crippen molar-refractivity contribution in [2.24, 2.45) is 5.84 Å². The number of rotatable bonds is 2. The molecule has 100 valence electrons. The molecule has 0 aromatic carbocycles. The zero-order valence-corrected chi connectivity index (χ0v) is 12.1. The van der Waals surface area contributed by atoms with E-state index in [4.69, 9.17) is 10.8 Å². The molecule has 2 heterocycles. The molecular weight excluding hydrogens is 256 g/mol. The van der Waals surface area contributed by atoms with E-state index in [0.717, 1.165) is 35.7 Å². The second-order valence-electron chi connectivity index (χ2n) is 5.00. The van der Waals surface area contributed by atoms with Crippen LogP contribution in [-0.4, -0.2) is 9.97 Å². The van der Waals surface area contributed by atoms with Gasteiger partial charge in [0.15, 0.2) is 5.82 Å². The second-order valence-corrected chi connectivity index (χ2v) is 6.46. The molecule has 2 aromatic rings. The molecule has 1 aliphatic rings. The van der Waals surface area contributed by atoms with Crippen molar-refractivity contribution in [3.8, 4) is 11.4 Å². The lowest BCUT2D eigenvalue weighted by molar-refractivity contribution is 0.665. The summed E-state index contributed by atoms with van der Waals surface area (Å²) in [5.41, 5.74) is 6.23. The number of nitrogen functional groups attached to an aromatic ring is 1. The molecule has 4 nitrogen and oxygen atoms in total. The number of thiophene rings is 1. The van der Waals surface area contributed by atoms with Gasteiger partial charge in [-0.05, 0) is 45.6 Å². The Balaban J connectivity index is 2.15. The summed E-state index contributed by atoms with van der Waals surface area (Å²) < 4.78 is 0. The van der Waals surface area contributed by atoms with E-state index in [1.165, 1.54) is 28.2 Å². The molecule has 0 atom stereocenters. The second kappa shape index (κ2) is 4.90. The molecule has 0 saturated carbocycles. The number of hydrogen-bond acceptors (Lipinski definition) is 5. The number of hydrazine groups is 1. The fourth-order valence-electron chi connectivity index (χ4n) is 2.69. The topological polar surface area (TPSA) is 63.8 Å². The molecule has 3 N–H and O–H groups in total. The van der Waals surface area contributed by atoms with Crippen LogP contribution in [0.15, 0.2) is 6.07 Å². The smallest absolute Gasteiger partial charge is 0.162 e. The van der Waals surface area contributed by atoms with Gasteiger partial charge >= 0.3 is 0 Å². The maximum Gasteiger partial charge on any atom is 0.162 e. The Labute approximate surface area is 117 Å². The van der Waals surface area contributed by atoms with Gasteiger partial charge in [-0.3, -0.25) is 0 Å². The summed E-state index contributed by atoms with van der Waals surface area (Å²) in [6.07, 6.45) is 4.45. The van der Waals surface area contributed by atoms with Gasteiger partial charge in [0.2, 0.25) is 0 Å². The van der Waals surface area contributed by atoms with Gasteiger partial charge in [-0.2, -0.15) is 0 Å². The number of fused-ring (bicyclic) bond motifs is 1. The van der Waals surface area contributed by atoms with Crippen molar-refractivity contribution in [3.63, 3.8) is 0 Å². The molecule has 0 radical (unpaired) electrons. The molecule has 0 saturated heterocycles. The van der Waals surface area contributed by atoms with E-state index in [2.05, 4.69) is 30.3 Å². The third-order valence-corrected chi connectivity index (χ3v) is 4.57. The van der Waals surface area contributed by atoms with Crippen LogP contribution < -0.4 is 11.3 Å². The summed E-state index contributed by atoms with van der Waals surface area (Å²) in [5, 5.41) is 0. The average Bonchev–Trinajstić information content (AvgIpc) is 2.76. The van der Waals surface area contributed by atoms with Gasteiger partial charge in [-0.1, -0.05) is 0 Å². The maximum atomic E-state index is 5.63. The normalized spacial score (nSPS) is 14.3. The van der Waals surface area contributed by atoms with Crippen molar-refractivity contribution in [3.05, 3.63) is 27.1 Å². The van der Waals surface area contributed by atoms with Crippen molar-refractivity contribution in [2.45, 2.75) is 39.5 Å². The molecule has 0 amide bonds. The highest BCUT2D eigenvalue weighted by molar-refractivity contribution is 7.12. The molecule has 1 aliphatic carbocycles. The highest BCUT2D eigenvalue weighted by atomic mass is 32.1. The Morgan fingerprint density at radius 2 is 2.00 bits per heavy atom. The fraction of sp³-hybridized carbons (Fsp3) is 0.429. The number of nitrogens with zero attached hydrogens (tertiary/aromatic N) is 2. The van der Waals surface area contributed by atoms with Gasteiger partial charge in [0.1, 0.15) is 5.82 Å². The molecule has 0 fully saturated rings. The van der Waals surface area contributed by atoms with Crippen molar-refractivity contribution >= 4 is 17.2 Å². The number of aromatic nitrogens is 2. The van der Waals surface area contributed by atoms with Crippen molar-refractivity contribution in [2.75, 3.05) is 5.43 Å². The predicted molar refractivity (Wildman–Crippen MR) is 79.3 cm³/mol. The monoisotopic (exact) mass is 274 g/mol. The number of aryl methyl sites for hydroxylation is 3. The average molecular weight is 274 g/mol. The number of nitrogens with two attached hydrogens (primary N) is 1. The van der Waals surface area contributed by atoms with Crippen LogP contribution in [0.2, 0.25) is 0 Å². The minimum atomic E-state index is 0.794. The van der Waals surface area contributed by atoms with E-state index in [0.29, 0.717) is 0 Å². The Kier molecular flexibility index (Phi) is 3.24. The standard InChI is InChI=1S/C14H18N4S/c1-8-7-11(9(2)19-8)13-16-12-6-4-3-5-10(12)14(17-13)18-15/h7H,3-6,15H2,1-2H3,(H,16,17,18). The molecule has 0 aliphatic heterocycles. The van der Waals surface area contributed by atoms with E-state index in [9.17, 15) is 0 Å². The first-order valence-electron chi connectivity index (χ1n) is 6.63. The lowest BCUT2D eigenvalue weighted by Crippen LogP contribution is -2.17. The van der Waals surface area contributed by atoms with Crippen molar-refractivity contribution < 1.29 is 0 Å². The van der Waals surface area contributed by atoms with Crippen LogP contribution in [0.25, 0.3) is 11.4 Å². The highest BCUT2D eigenvalue weighted by Crippen LogP contribution is 2.32. The summed E-state index contributed by atoms with van der Waals surface area (Å²) in [6, 6.07) is 2.16. The number of anilines is 1. The lowest BCUT2D eigenvalue weighted by Gasteiger charge is -2.18. The maximum absolute atomic E-state index is 5.63. The van der Waals surface area contributed by atoms with E-state index >= 15 is 0 Å². The predicted octanol–water partition coefficient (Wildman–Crippen LogP) is 2.99. The number of nitrogens with one attached hydrogen (secondary N) is 1. The fourth-order valence-corrected chi connectivity index (χ4v) is 3.61. The zero-order chi connectivity index (χ0) is 13.4. The SMILES string of the molecule is Cc1cc(-c2nc3c(c(NN)n2)CCCC3)c(C)s1. The first kappa shape index (κ1) is 12.6. The van der Waals surface area contributed by atoms with E-state index in [-0.39, 0.29) is 0 Å². The molecule has 5 heteroatoms. The molecule has 3 rings (SSSR count). The van der Waals surface area contributed by atoms with Crippen LogP contribution in [-0.2, 0) is 12.8 Å². The summed E-state index contributed by atoms with van der Waals surface area (Å²) >= 11 is 1.78. The molecule has 0 bridgehead atoms. The summed E-state index contributed by atoms with van der Waals surface area (Å²) in [6.45, 7) is 4.23. The van der Waals surface area contributed by atoms with Gasteiger partial charge in [-0.25, -0.2) is 15.8 Å². The minimum absolute atomic E-state index is 0.794. The van der Waals surface area contributed by atoms with Gasteiger partial charge < -0.3 is 5.43 Å². The van der Waals surface area contributed by atoms with E-state index in [1.807, 2.05) is 0 Å². The van der Waals surface area contributed by atoms with Crippen LogP contribution in [0, 0.1) is 13.8 Å². The first-order chi connectivity index (χ1) is 9.19. The molecular formula is C14H18N4S. The van der Waals surface area contributed by atoms with Crippen molar-refractivity contribution in [1.82, 2.24) is 9.97 Å². The quantitative estimate of drug-likeness (QED) is 0.653. The van der Waals surface area contributed by atoms with E-state index in [1.54, 1.807) is 11.3 Å². The van der Waals surface area contributed by atoms with Crippen LogP contribution >= 0.6 is 11.3 Å². The van der Waals surface area contributed by atoms with Gasteiger partial charge in [-0.15, -0.1) is 11.3 Å². The first-order valence-corrected chi connectivity index (χ1v) is 7.44. The third kappa shape index (κ3) is 2.24. The van der Waals surface area contributed by atoms with Gasteiger partial charge in [0, 0.05) is 26.6 Å². The Hall–Kier alpha value is -1.46. The third-order valence-electron chi connectivity index (χ3n) is 3.60. The summed E-state index contributed by atoms with van der Waals surface area (Å²) in [7, 11) is 0. The molecule has 19 heavy (non-hydrogen) atoms. The van der Waals surface area contributed by atoms with Crippen LogP contribution in [0.4, 0.5) is 5.82 Å². The number of hydrogen-bond donors (Lipinski definition) is 2. The van der Waals surface area contributed by atoms with Crippen LogP contribution in [0.5, 0.6) is 0 Å². The molecule has 2 aromatic heterocycles. The van der Waals surface area contributed by atoms with Crippen LogP contribution in [0.1, 0.15) is 33.9 Å². The van der Waals surface area contributed by atoms with Crippen molar-refractivity contribution in [1.29, 1.82) is 0 Å². The zero-order valence-electron chi connectivity index (χ0n) is 11.3.